The molecule has 0 atom stereocenters. The molecule has 2 amide bonds. The van der Waals surface area contributed by atoms with Crippen molar-refractivity contribution in [3.05, 3.63) is 29.3 Å². The Morgan fingerprint density at radius 3 is 2.46 bits per heavy atom. The molecule has 1 spiro atoms. The summed E-state index contributed by atoms with van der Waals surface area (Å²) in [6.07, 6.45) is 1.47. The predicted octanol–water partition coefficient (Wildman–Crippen LogP) is 2.23. The van der Waals surface area contributed by atoms with E-state index in [1.807, 2.05) is 36.9 Å². The normalized spacial score (nSPS) is 19.5. The summed E-state index contributed by atoms with van der Waals surface area (Å²) >= 11 is 0. The van der Waals surface area contributed by atoms with Gasteiger partial charge in [0.25, 0.3) is 0 Å². The second-order valence-corrected chi connectivity index (χ2v) is 6.40. The molecule has 2 heterocycles. The molecule has 3 rings (SSSR count). The highest BCUT2D eigenvalue weighted by molar-refractivity contribution is 5.74. The summed E-state index contributed by atoms with van der Waals surface area (Å²) in [5.41, 5.74) is 2.22. The van der Waals surface area contributed by atoms with Crippen LogP contribution in [0.4, 0.5) is 4.79 Å². The number of hydrogen-bond acceptors (Lipinski definition) is 4. The number of likely N-dealkylation sites (tertiary alicyclic amines) is 1. The highest BCUT2D eigenvalue weighted by Gasteiger charge is 2.40. The molecule has 6 heteroatoms. The lowest BCUT2D eigenvalue weighted by molar-refractivity contribution is -0.181. The molecular formula is C18H26N2O4. The molecule has 24 heavy (non-hydrogen) atoms. The number of nitrogens with zero attached hydrogens (tertiary/aromatic N) is 1. The second-order valence-electron chi connectivity index (χ2n) is 6.40. The summed E-state index contributed by atoms with van der Waals surface area (Å²) < 4.78 is 17.2. The van der Waals surface area contributed by atoms with Gasteiger partial charge in [0.2, 0.25) is 0 Å². The molecule has 132 valence electrons. The molecule has 1 aromatic carbocycles. The second kappa shape index (κ2) is 7.40. The van der Waals surface area contributed by atoms with Gasteiger partial charge in [-0.3, -0.25) is 0 Å². The predicted molar refractivity (Wildman–Crippen MR) is 90.3 cm³/mol. The standard InChI is InChI=1S/C18H26N2O4/c1-14-4-3-5-15(2)16(14)22-11-8-19-17(21)20-9-6-18(7-10-20)23-12-13-24-18/h3-5H,6-13H2,1-2H3,(H,19,21). The minimum Gasteiger partial charge on any atom is -0.491 e. The third-order valence-electron chi connectivity index (χ3n) is 4.66. The Hall–Kier alpha value is -1.79. The smallest absolute Gasteiger partial charge is 0.317 e. The van der Waals surface area contributed by atoms with Gasteiger partial charge >= 0.3 is 6.03 Å². The first-order valence-electron chi connectivity index (χ1n) is 8.59. The number of amides is 2. The SMILES string of the molecule is Cc1cccc(C)c1OCCNC(=O)N1CCC2(CC1)OCCO2. The Kier molecular flexibility index (Phi) is 5.26. The van der Waals surface area contributed by atoms with Crippen LogP contribution in [-0.2, 0) is 9.47 Å². The number of carbonyl (C=O) groups is 1. The first kappa shape index (κ1) is 17.0. The van der Waals surface area contributed by atoms with Crippen LogP contribution in [0, 0.1) is 13.8 Å². The van der Waals surface area contributed by atoms with Crippen LogP contribution in [0.1, 0.15) is 24.0 Å². The highest BCUT2D eigenvalue weighted by atomic mass is 16.7. The van der Waals surface area contributed by atoms with Crippen LogP contribution in [0.15, 0.2) is 18.2 Å². The quantitative estimate of drug-likeness (QED) is 0.858. The topological polar surface area (TPSA) is 60.0 Å². The highest BCUT2D eigenvalue weighted by Crippen LogP contribution is 2.31. The van der Waals surface area contributed by atoms with Gasteiger partial charge in [-0.25, -0.2) is 4.79 Å². The van der Waals surface area contributed by atoms with E-state index in [9.17, 15) is 4.79 Å². The fraction of sp³-hybridized carbons (Fsp3) is 0.611. The van der Waals surface area contributed by atoms with Gasteiger partial charge in [-0.15, -0.1) is 0 Å². The molecular weight excluding hydrogens is 308 g/mol. The molecule has 0 aliphatic carbocycles. The molecule has 2 aliphatic rings. The molecule has 0 bridgehead atoms. The number of carbonyl (C=O) groups excluding carboxylic acids is 1. The van der Waals surface area contributed by atoms with E-state index >= 15 is 0 Å². The van der Waals surface area contributed by atoms with Gasteiger partial charge in [-0.05, 0) is 25.0 Å². The number of piperidine rings is 1. The lowest BCUT2D eigenvalue weighted by Gasteiger charge is -2.37. The Morgan fingerprint density at radius 2 is 1.83 bits per heavy atom. The van der Waals surface area contributed by atoms with E-state index in [1.54, 1.807) is 0 Å². The van der Waals surface area contributed by atoms with E-state index in [0.29, 0.717) is 39.5 Å². The Balaban J connectivity index is 1.39. The van der Waals surface area contributed by atoms with Crippen molar-refractivity contribution < 1.29 is 19.0 Å². The maximum atomic E-state index is 12.2. The van der Waals surface area contributed by atoms with Crippen LogP contribution >= 0.6 is 0 Å². The number of urea groups is 1. The Labute approximate surface area is 143 Å². The minimum atomic E-state index is -0.442. The van der Waals surface area contributed by atoms with Crippen molar-refractivity contribution in [1.82, 2.24) is 10.2 Å². The van der Waals surface area contributed by atoms with E-state index in [4.69, 9.17) is 14.2 Å². The van der Waals surface area contributed by atoms with E-state index in [1.165, 1.54) is 0 Å². The molecule has 0 aromatic heterocycles. The zero-order valence-corrected chi connectivity index (χ0v) is 14.5. The van der Waals surface area contributed by atoms with E-state index < -0.39 is 5.79 Å². The van der Waals surface area contributed by atoms with Gasteiger partial charge in [0.1, 0.15) is 12.4 Å². The number of benzene rings is 1. The number of aryl methyl sites for hydroxylation is 2. The van der Waals surface area contributed by atoms with Gasteiger partial charge in [0.15, 0.2) is 5.79 Å². The summed E-state index contributed by atoms with van der Waals surface area (Å²) in [6.45, 7) is 7.62. The van der Waals surface area contributed by atoms with Gasteiger partial charge in [0.05, 0.1) is 19.8 Å². The average Bonchev–Trinajstić information content (AvgIpc) is 3.02. The molecule has 1 aromatic rings. The molecule has 2 aliphatic heterocycles. The zero-order valence-electron chi connectivity index (χ0n) is 14.5. The first-order chi connectivity index (χ1) is 11.6. The van der Waals surface area contributed by atoms with Crippen molar-refractivity contribution in [2.75, 3.05) is 39.5 Å². The van der Waals surface area contributed by atoms with Crippen molar-refractivity contribution in [2.45, 2.75) is 32.5 Å². The van der Waals surface area contributed by atoms with Gasteiger partial charge in [-0.1, -0.05) is 18.2 Å². The van der Waals surface area contributed by atoms with Crippen LogP contribution in [-0.4, -0.2) is 56.2 Å². The van der Waals surface area contributed by atoms with Crippen molar-refractivity contribution in [3.63, 3.8) is 0 Å². The summed E-state index contributed by atoms with van der Waals surface area (Å²) in [5, 5.41) is 2.92. The fourth-order valence-electron chi connectivity index (χ4n) is 3.29. The monoisotopic (exact) mass is 334 g/mol. The third kappa shape index (κ3) is 3.82. The van der Waals surface area contributed by atoms with Gasteiger partial charge < -0.3 is 24.4 Å². The molecule has 2 saturated heterocycles. The summed E-state index contributed by atoms with van der Waals surface area (Å²) in [6, 6.07) is 6.02. The maximum absolute atomic E-state index is 12.2. The van der Waals surface area contributed by atoms with Crippen molar-refractivity contribution in [1.29, 1.82) is 0 Å². The summed E-state index contributed by atoms with van der Waals surface area (Å²) in [7, 11) is 0. The van der Waals surface area contributed by atoms with Crippen molar-refractivity contribution >= 4 is 6.03 Å². The number of para-hydroxylation sites is 1. The minimum absolute atomic E-state index is 0.0482. The van der Waals surface area contributed by atoms with E-state index in [0.717, 1.165) is 29.7 Å². The Bertz CT molecular complexity index is 554. The number of rotatable bonds is 4. The lowest BCUT2D eigenvalue weighted by atomic mass is 10.0. The average molecular weight is 334 g/mol. The molecule has 0 radical (unpaired) electrons. The number of hydrogen-bond donors (Lipinski definition) is 1. The van der Waals surface area contributed by atoms with E-state index in [2.05, 4.69) is 5.32 Å². The third-order valence-corrected chi connectivity index (χ3v) is 4.66. The zero-order chi connectivity index (χ0) is 17.0. The van der Waals surface area contributed by atoms with E-state index in [-0.39, 0.29) is 6.03 Å². The maximum Gasteiger partial charge on any atom is 0.317 e. The molecule has 0 saturated carbocycles. The van der Waals surface area contributed by atoms with Gasteiger partial charge in [0, 0.05) is 25.9 Å². The molecule has 2 fully saturated rings. The molecule has 1 N–H and O–H groups in total. The largest absolute Gasteiger partial charge is 0.491 e. The Morgan fingerprint density at radius 1 is 1.21 bits per heavy atom. The molecule has 6 nitrogen and oxygen atoms in total. The number of ether oxygens (including phenoxy) is 3. The van der Waals surface area contributed by atoms with Gasteiger partial charge in [-0.2, -0.15) is 0 Å². The van der Waals surface area contributed by atoms with Crippen molar-refractivity contribution in [3.8, 4) is 5.75 Å². The number of nitrogens with one attached hydrogen (secondary N) is 1. The summed E-state index contributed by atoms with van der Waals surface area (Å²) in [5.74, 6) is 0.463. The van der Waals surface area contributed by atoms with Crippen LogP contribution in [0.5, 0.6) is 5.75 Å². The van der Waals surface area contributed by atoms with Crippen LogP contribution in [0.3, 0.4) is 0 Å². The van der Waals surface area contributed by atoms with Crippen LogP contribution < -0.4 is 10.1 Å². The molecule has 0 unspecified atom stereocenters. The van der Waals surface area contributed by atoms with Crippen LogP contribution in [0.2, 0.25) is 0 Å². The fourth-order valence-corrected chi connectivity index (χ4v) is 3.29. The van der Waals surface area contributed by atoms with Crippen molar-refractivity contribution in [2.24, 2.45) is 0 Å². The lowest BCUT2D eigenvalue weighted by Crippen LogP contribution is -2.50. The first-order valence-corrected chi connectivity index (χ1v) is 8.59. The summed E-state index contributed by atoms with van der Waals surface area (Å²) in [4.78, 5) is 14.0. The van der Waals surface area contributed by atoms with Crippen LogP contribution in [0.25, 0.3) is 0 Å².